The molecule has 1 aliphatic heterocycles. The molecule has 0 aromatic heterocycles. The Hall–Kier alpha value is -0.640. The normalized spacial score (nSPS) is 22.9. The van der Waals surface area contributed by atoms with Crippen molar-refractivity contribution in [2.24, 2.45) is 0 Å². The summed E-state index contributed by atoms with van der Waals surface area (Å²) in [6.07, 6.45) is 2.41. The number of hydrogen-bond donors (Lipinski definition) is 0. The third-order valence-electron chi connectivity index (χ3n) is 1.77. The van der Waals surface area contributed by atoms with Gasteiger partial charge in [0.1, 0.15) is 0 Å². The molecule has 4 nitrogen and oxygen atoms in total. The molecule has 0 aromatic carbocycles. The van der Waals surface area contributed by atoms with E-state index in [4.69, 9.17) is 0 Å². The fourth-order valence-electron chi connectivity index (χ4n) is 1.05. The van der Waals surface area contributed by atoms with Crippen LogP contribution in [0.5, 0.6) is 0 Å². The molecule has 1 atom stereocenters. The summed E-state index contributed by atoms with van der Waals surface area (Å²) in [7, 11) is 1.96. The van der Waals surface area contributed by atoms with Crippen LogP contribution in [0, 0.1) is 16.5 Å². The number of likely N-dealkylation sites (tertiary alicyclic amines) is 1. The highest BCUT2D eigenvalue weighted by Gasteiger charge is 2.25. The van der Waals surface area contributed by atoms with Crippen molar-refractivity contribution >= 4 is 0 Å². The Morgan fingerprint density at radius 3 is 2.90 bits per heavy atom. The molecule has 1 heterocycles. The standard InChI is InChI=1S/C6H11N2O2/c1-7-4-2-6(3-5-7)8(9)10/h2,6H,3-5H2,1H3. The maximum absolute atomic E-state index is 10.2. The lowest BCUT2D eigenvalue weighted by atomic mass is 10.1. The van der Waals surface area contributed by atoms with E-state index in [0.29, 0.717) is 6.42 Å². The van der Waals surface area contributed by atoms with E-state index in [1.165, 1.54) is 0 Å². The van der Waals surface area contributed by atoms with Crippen LogP contribution in [0.2, 0.25) is 0 Å². The van der Waals surface area contributed by atoms with Crippen LogP contribution in [0.15, 0.2) is 0 Å². The van der Waals surface area contributed by atoms with Gasteiger partial charge >= 0.3 is 0 Å². The van der Waals surface area contributed by atoms with Crippen LogP contribution in [0.25, 0.3) is 0 Å². The van der Waals surface area contributed by atoms with Crippen molar-refractivity contribution in [3.63, 3.8) is 0 Å². The van der Waals surface area contributed by atoms with E-state index in [1.54, 1.807) is 6.42 Å². The van der Waals surface area contributed by atoms with Crippen molar-refractivity contribution in [1.82, 2.24) is 4.90 Å². The maximum Gasteiger partial charge on any atom is 0.218 e. The van der Waals surface area contributed by atoms with Crippen molar-refractivity contribution in [2.45, 2.75) is 12.5 Å². The molecule has 1 radical (unpaired) electrons. The molecule has 0 amide bonds. The zero-order valence-electron chi connectivity index (χ0n) is 5.99. The van der Waals surface area contributed by atoms with Gasteiger partial charge in [0, 0.05) is 30.9 Å². The molecular formula is C6H11N2O2. The smallest absolute Gasteiger partial charge is 0.218 e. The van der Waals surface area contributed by atoms with Gasteiger partial charge in [-0.15, -0.1) is 0 Å². The molecule has 0 bridgehead atoms. The van der Waals surface area contributed by atoms with E-state index in [1.807, 2.05) is 7.05 Å². The second-order valence-electron chi connectivity index (χ2n) is 2.64. The summed E-state index contributed by atoms with van der Waals surface area (Å²) < 4.78 is 0. The highest BCUT2D eigenvalue weighted by molar-refractivity contribution is 4.84. The summed E-state index contributed by atoms with van der Waals surface area (Å²) >= 11 is 0. The van der Waals surface area contributed by atoms with Gasteiger partial charge < -0.3 is 4.90 Å². The van der Waals surface area contributed by atoms with E-state index in [2.05, 4.69) is 4.90 Å². The van der Waals surface area contributed by atoms with Gasteiger partial charge in [-0.05, 0) is 7.05 Å². The van der Waals surface area contributed by atoms with Gasteiger partial charge in [0.2, 0.25) is 6.04 Å². The first kappa shape index (κ1) is 7.47. The van der Waals surface area contributed by atoms with Gasteiger partial charge in [-0.25, -0.2) is 0 Å². The molecule has 10 heavy (non-hydrogen) atoms. The first-order chi connectivity index (χ1) is 4.70. The van der Waals surface area contributed by atoms with Gasteiger partial charge in [-0.2, -0.15) is 0 Å². The van der Waals surface area contributed by atoms with Gasteiger partial charge in [0.05, 0.1) is 0 Å². The quantitative estimate of drug-likeness (QED) is 0.388. The zero-order valence-corrected chi connectivity index (χ0v) is 5.99. The number of nitro groups is 1. The van der Waals surface area contributed by atoms with Crippen LogP contribution in [0.1, 0.15) is 6.42 Å². The molecule has 0 saturated carbocycles. The van der Waals surface area contributed by atoms with Gasteiger partial charge in [0.25, 0.3) is 0 Å². The lowest BCUT2D eigenvalue weighted by Crippen LogP contribution is -2.37. The minimum Gasteiger partial charge on any atom is -0.306 e. The first-order valence-corrected chi connectivity index (χ1v) is 3.35. The molecule has 57 valence electrons. The van der Waals surface area contributed by atoms with E-state index < -0.39 is 6.04 Å². The van der Waals surface area contributed by atoms with Gasteiger partial charge in [-0.1, -0.05) is 0 Å². The summed E-state index contributed by atoms with van der Waals surface area (Å²) in [5, 5.41) is 10.2. The summed E-state index contributed by atoms with van der Waals surface area (Å²) in [5.74, 6) is 0. The fourth-order valence-corrected chi connectivity index (χ4v) is 1.05. The van der Waals surface area contributed by atoms with Crippen molar-refractivity contribution in [2.75, 3.05) is 20.1 Å². The average Bonchev–Trinajstić information content (AvgIpc) is 1.88. The number of hydrogen-bond acceptors (Lipinski definition) is 3. The lowest BCUT2D eigenvalue weighted by molar-refractivity contribution is -0.516. The van der Waals surface area contributed by atoms with Gasteiger partial charge in [0.15, 0.2) is 0 Å². The summed E-state index contributed by atoms with van der Waals surface area (Å²) in [5.41, 5.74) is 0. The molecule has 1 saturated heterocycles. The number of nitrogens with zero attached hydrogens (tertiary/aromatic N) is 2. The molecule has 1 aliphatic rings. The Kier molecular flexibility index (Phi) is 2.21. The third kappa shape index (κ3) is 1.67. The summed E-state index contributed by atoms with van der Waals surface area (Å²) in [6, 6.07) is -0.406. The molecule has 1 unspecified atom stereocenters. The SMILES string of the molecule is CN1C[CH]C([N+](=O)[O-])CC1. The molecule has 4 heteroatoms. The molecule has 1 rings (SSSR count). The Morgan fingerprint density at radius 1 is 1.80 bits per heavy atom. The van der Waals surface area contributed by atoms with E-state index in [0.717, 1.165) is 13.1 Å². The van der Waals surface area contributed by atoms with Crippen LogP contribution in [-0.4, -0.2) is 36.0 Å². The minimum atomic E-state index is -0.406. The predicted octanol–water partition coefficient (Wildman–Crippen LogP) is 0.171. The van der Waals surface area contributed by atoms with Crippen LogP contribution in [0.4, 0.5) is 0 Å². The van der Waals surface area contributed by atoms with Crippen LogP contribution in [-0.2, 0) is 0 Å². The predicted molar refractivity (Wildman–Crippen MR) is 37.2 cm³/mol. The topological polar surface area (TPSA) is 46.4 Å². The van der Waals surface area contributed by atoms with Crippen molar-refractivity contribution in [3.05, 3.63) is 16.5 Å². The fraction of sp³-hybridized carbons (Fsp3) is 0.833. The monoisotopic (exact) mass is 143 g/mol. The Balaban J connectivity index is 2.33. The van der Waals surface area contributed by atoms with Crippen molar-refractivity contribution < 1.29 is 4.92 Å². The van der Waals surface area contributed by atoms with Crippen LogP contribution < -0.4 is 0 Å². The second-order valence-corrected chi connectivity index (χ2v) is 2.64. The zero-order chi connectivity index (χ0) is 7.56. The molecule has 0 spiro atoms. The Morgan fingerprint density at radius 2 is 2.50 bits per heavy atom. The van der Waals surface area contributed by atoms with E-state index in [-0.39, 0.29) is 4.92 Å². The summed E-state index contributed by atoms with van der Waals surface area (Å²) in [4.78, 5) is 12.1. The molecule has 0 aromatic rings. The minimum absolute atomic E-state index is 0.215. The highest BCUT2D eigenvalue weighted by atomic mass is 16.6. The molecule has 0 N–H and O–H groups in total. The lowest BCUT2D eigenvalue weighted by Gasteiger charge is -2.23. The average molecular weight is 143 g/mol. The van der Waals surface area contributed by atoms with Gasteiger partial charge in [-0.3, -0.25) is 10.1 Å². The van der Waals surface area contributed by atoms with Crippen molar-refractivity contribution in [1.29, 1.82) is 0 Å². The number of piperidine rings is 1. The Bertz CT molecular complexity index is 130. The van der Waals surface area contributed by atoms with Crippen LogP contribution >= 0.6 is 0 Å². The Labute approximate surface area is 60.0 Å². The molecule has 1 fully saturated rings. The first-order valence-electron chi connectivity index (χ1n) is 3.35. The van der Waals surface area contributed by atoms with Crippen molar-refractivity contribution in [3.8, 4) is 0 Å². The number of rotatable bonds is 1. The second kappa shape index (κ2) is 2.96. The van der Waals surface area contributed by atoms with E-state index in [9.17, 15) is 10.1 Å². The molecule has 0 aliphatic carbocycles. The maximum atomic E-state index is 10.2. The van der Waals surface area contributed by atoms with E-state index >= 15 is 0 Å². The molecular weight excluding hydrogens is 132 g/mol. The summed E-state index contributed by atoms with van der Waals surface area (Å²) in [6.45, 7) is 1.58. The van der Waals surface area contributed by atoms with Crippen LogP contribution in [0.3, 0.4) is 0 Å². The largest absolute Gasteiger partial charge is 0.306 e. The highest BCUT2D eigenvalue weighted by Crippen LogP contribution is 2.09. The third-order valence-corrected chi connectivity index (χ3v) is 1.77.